The molecule has 4 aromatic rings. The number of nitrogens with one attached hydrogen (secondary N) is 1. The Morgan fingerprint density at radius 2 is 1.83 bits per heavy atom. The van der Waals surface area contributed by atoms with Crippen molar-refractivity contribution in [3.8, 4) is 17.8 Å². The molecule has 1 atom stereocenters. The van der Waals surface area contributed by atoms with Crippen LogP contribution in [0.1, 0.15) is 47.5 Å². The minimum absolute atomic E-state index is 0.0131. The molecule has 5 N–H and O–H groups in total. The van der Waals surface area contributed by atoms with Crippen LogP contribution in [-0.2, 0) is 0 Å². The molecule has 0 radical (unpaired) electrons. The highest BCUT2D eigenvalue weighted by Gasteiger charge is 2.23. The first-order valence-corrected chi connectivity index (χ1v) is 10.6. The number of anilines is 3. The summed E-state index contributed by atoms with van der Waals surface area (Å²) in [7, 11) is 0. The van der Waals surface area contributed by atoms with E-state index in [1.165, 1.54) is 22.8 Å². The summed E-state index contributed by atoms with van der Waals surface area (Å²) in [6.07, 6.45) is -2.77. The highest BCUT2D eigenvalue weighted by Crippen LogP contribution is 2.28. The van der Waals surface area contributed by atoms with E-state index in [1.54, 1.807) is 32.0 Å². The van der Waals surface area contributed by atoms with E-state index in [0.29, 0.717) is 5.56 Å². The number of aryl methyl sites for hydroxylation is 1. The second kappa shape index (κ2) is 9.27. The van der Waals surface area contributed by atoms with Crippen molar-refractivity contribution >= 4 is 28.5 Å². The van der Waals surface area contributed by atoms with Crippen LogP contribution >= 0.6 is 0 Å². The number of nitrogen functional groups attached to an aromatic ring is 2. The Morgan fingerprint density at radius 1 is 1.08 bits per heavy atom. The first-order chi connectivity index (χ1) is 17.1. The van der Waals surface area contributed by atoms with Crippen LogP contribution in [0, 0.1) is 29.6 Å². The van der Waals surface area contributed by atoms with Crippen LogP contribution in [0.2, 0.25) is 0 Å². The highest BCUT2D eigenvalue weighted by molar-refractivity contribution is 5.84. The molecule has 36 heavy (non-hydrogen) atoms. The van der Waals surface area contributed by atoms with E-state index >= 15 is 0 Å². The number of fused-ring (bicyclic) bond motifs is 1. The van der Waals surface area contributed by atoms with Crippen LogP contribution < -0.4 is 22.3 Å². The van der Waals surface area contributed by atoms with Crippen molar-refractivity contribution < 1.29 is 8.78 Å². The van der Waals surface area contributed by atoms with Crippen molar-refractivity contribution in [1.29, 1.82) is 10.5 Å². The van der Waals surface area contributed by atoms with Gasteiger partial charge in [-0.2, -0.15) is 20.5 Å². The maximum atomic E-state index is 13.7. The number of halogens is 2. The molecule has 2 heterocycles. The Hall–Kier alpha value is -5.10. The molecule has 0 aliphatic rings. The van der Waals surface area contributed by atoms with E-state index in [0.717, 1.165) is 0 Å². The molecule has 4 rings (SSSR count). The molecule has 2 aromatic carbocycles. The van der Waals surface area contributed by atoms with E-state index in [9.17, 15) is 24.1 Å². The molecular weight excluding hydrogens is 468 g/mol. The smallest absolute Gasteiger partial charge is 0.267 e. The predicted molar refractivity (Wildman–Crippen MR) is 129 cm³/mol. The third-order valence-corrected chi connectivity index (χ3v) is 5.45. The second-order valence-corrected chi connectivity index (χ2v) is 7.99. The van der Waals surface area contributed by atoms with Crippen molar-refractivity contribution in [3.05, 3.63) is 74.8 Å². The Balaban J connectivity index is 2.01. The zero-order valence-electron chi connectivity index (χ0n) is 19.1. The molecule has 0 spiro atoms. The number of benzene rings is 2. The molecule has 10 nitrogen and oxygen atoms in total. The molecule has 0 saturated carbocycles. The third-order valence-electron chi connectivity index (χ3n) is 5.45. The summed E-state index contributed by atoms with van der Waals surface area (Å²) in [5.41, 5.74) is 11.5. The van der Waals surface area contributed by atoms with Crippen LogP contribution in [0.15, 0.2) is 41.2 Å². The van der Waals surface area contributed by atoms with Crippen molar-refractivity contribution in [3.63, 3.8) is 0 Å². The third kappa shape index (κ3) is 4.23. The molecule has 0 aliphatic heterocycles. The number of nitrogens with zero attached hydrogens (tertiary/aromatic N) is 6. The van der Waals surface area contributed by atoms with Gasteiger partial charge in [-0.1, -0.05) is 12.1 Å². The zero-order valence-corrected chi connectivity index (χ0v) is 19.1. The quantitative estimate of drug-likeness (QED) is 0.381. The molecule has 0 fully saturated rings. The van der Waals surface area contributed by atoms with Crippen LogP contribution in [-0.4, -0.2) is 19.5 Å². The molecule has 1 unspecified atom stereocenters. The average Bonchev–Trinajstić information content (AvgIpc) is 2.82. The van der Waals surface area contributed by atoms with E-state index in [-0.39, 0.29) is 56.7 Å². The summed E-state index contributed by atoms with van der Waals surface area (Å²) >= 11 is 0. The monoisotopic (exact) mass is 487 g/mol. The summed E-state index contributed by atoms with van der Waals surface area (Å²) in [6, 6.07) is 11.8. The van der Waals surface area contributed by atoms with Crippen molar-refractivity contribution in [2.75, 3.05) is 16.8 Å². The van der Waals surface area contributed by atoms with Gasteiger partial charge in [0.15, 0.2) is 5.82 Å². The molecule has 0 aliphatic carbocycles. The number of nitriles is 2. The number of rotatable bonds is 5. The standard InChI is InChI=1S/C24H19F2N9O/c1-11-6-14(19(25)26)8-15(7-11)35-22(32-17-5-3-4-13(9-27)18(17)23(35)36)12(2)31-21-16(10-28)20(29)33-24(30)34-21/h3-8,12,19H,1-2H3,(H5,29,30,31,33,34). The number of hydrogen-bond acceptors (Lipinski definition) is 9. The van der Waals surface area contributed by atoms with E-state index in [1.807, 2.05) is 12.1 Å². The van der Waals surface area contributed by atoms with Gasteiger partial charge < -0.3 is 16.8 Å². The lowest BCUT2D eigenvalue weighted by Gasteiger charge is -2.21. The molecule has 2 aromatic heterocycles. The van der Waals surface area contributed by atoms with Crippen LogP contribution in [0.5, 0.6) is 0 Å². The van der Waals surface area contributed by atoms with Crippen molar-refractivity contribution in [1.82, 2.24) is 19.5 Å². The van der Waals surface area contributed by atoms with E-state index < -0.39 is 18.0 Å². The van der Waals surface area contributed by atoms with Crippen molar-refractivity contribution in [2.24, 2.45) is 0 Å². The maximum absolute atomic E-state index is 13.7. The van der Waals surface area contributed by atoms with Gasteiger partial charge in [0.05, 0.1) is 28.2 Å². The summed E-state index contributed by atoms with van der Waals surface area (Å²) in [6.45, 7) is 3.26. The number of hydrogen-bond donors (Lipinski definition) is 3. The number of nitrogens with two attached hydrogens (primary N) is 2. The van der Waals surface area contributed by atoms with Crippen LogP contribution in [0.4, 0.5) is 26.4 Å². The largest absolute Gasteiger partial charge is 0.382 e. The number of alkyl halides is 2. The van der Waals surface area contributed by atoms with Gasteiger partial charge in [0.1, 0.15) is 29.3 Å². The van der Waals surface area contributed by atoms with E-state index in [4.69, 9.17) is 11.5 Å². The Morgan fingerprint density at radius 3 is 2.50 bits per heavy atom. The Labute approximate surface area is 203 Å². The molecular formula is C24H19F2N9O. The van der Waals surface area contributed by atoms with E-state index in [2.05, 4.69) is 20.3 Å². The van der Waals surface area contributed by atoms with Crippen molar-refractivity contribution in [2.45, 2.75) is 26.3 Å². The fourth-order valence-electron chi connectivity index (χ4n) is 3.91. The van der Waals surface area contributed by atoms with Gasteiger partial charge in [-0.05, 0) is 43.7 Å². The summed E-state index contributed by atoms with van der Waals surface area (Å²) in [4.78, 5) is 26.1. The first kappa shape index (κ1) is 24.0. The van der Waals surface area contributed by atoms with Gasteiger partial charge in [0, 0.05) is 5.56 Å². The summed E-state index contributed by atoms with van der Waals surface area (Å²) < 4.78 is 28.4. The zero-order chi connectivity index (χ0) is 26.1. The highest BCUT2D eigenvalue weighted by atomic mass is 19.3. The Kier molecular flexibility index (Phi) is 6.19. The number of aromatic nitrogens is 4. The van der Waals surface area contributed by atoms with Gasteiger partial charge in [-0.3, -0.25) is 9.36 Å². The predicted octanol–water partition coefficient (Wildman–Crippen LogP) is 3.50. The molecule has 12 heteroatoms. The van der Waals surface area contributed by atoms with Gasteiger partial charge in [0.2, 0.25) is 5.95 Å². The minimum Gasteiger partial charge on any atom is -0.382 e. The second-order valence-electron chi connectivity index (χ2n) is 7.99. The molecule has 0 saturated heterocycles. The van der Waals surface area contributed by atoms with Gasteiger partial charge >= 0.3 is 0 Å². The molecule has 180 valence electrons. The molecule has 0 amide bonds. The van der Waals surface area contributed by atoms with Gasteiger partial charge in [-0.25, -0.2) is 13.8 Å². The average molecular weight is 487 g/mol. The van der Waals surface area contributed by atoms with Crippen LogP contribution in [0.25, 0.3) is 16.6 Å². The lowest BCUT2D eigenvalue weighted by atomic mass is 10.1. The Bertz CT molecular complexity index is 1650. The van der Waals surface area contributed by atoms with Gasteiger partial charge in [-0.15, -0.1) is 0 Å². The molecule has 0 bridgehead atoms. The SMILES string of the molecule is Cc1cc(C(F)F)cc(-n2c(C(C)Nc3nc(N)nc(N)c3C#N)nc3cccc(C#N)c3c2=O)c1. The lowest BCUT2D eigenvalue weighted by Crippen LogP contribution is -2.28. The maximum Gasteiger partial charge on any atom is 0.267 e. The fraction of sp³-hybridized carbons (Fsp3) is 0.167. The normalized spacial score (nSPS) is 11.8. The minimum atomic E-state index is -2.77. The van der Waals surface area contributed by atoms with Gasteiger partial charge in [0.25, 0.3) is 12.0 Å². The summed E-state index contributed by atoms with van der Waals surface area (Å²) in [5, 5.41) is 22.1. The van der Waals surface area contributed by atoms with Crippen LogP contribution in [0.3, 0.4) is 0 Å². The summed E-state index contributed by atoms with van der Waals surface area (Å²) in [5.74, 6) is -0.182. The topological polar surface area (TPSA) is 172 Å². The first-order valence-electron chi connectivity index (χ1n) is 10.6. The fourth-order valence-corrected chi connectivity index (χ4v) is 3.91. The lowest BCUT2D eigenvalue weighted by molar-refractivity contribution is 0.151.